The molecule has 1 aromatic heterocycles. The van der Waals surface area contributed by atoms with Gasteiger partial charge in [-0.15, -0.1) is 0 Å². The summed E-state index contributed by atoms with van der Waals surface area (Å²) in [6, 6.07) is 8.84. The summed E-state index contributed by atoms with van der Waals surface area (Å²) in [5.74, 6) is 1.28. The van der Waals surface area contributed by atoms with Gasteiger partial charge in [0.1, 0.15) is 17.9 Å². The van der Waals surface area contributed by atoms with E-state index in [1.807, 2.05) is 0 Å². The van der Waals surface area contributed by atoms with Crippen LogP contribution in [0.5, 0.6) is 0 Å². The Morgan fingerprint density at radius 1 is 1.24 bits per heavy atom. The summed E-state index contributed by atoms with van der Waals surface area (Å²) in [5.41, 5.74) is 2.77. The third-order valence-corrected chi connectivity index (χ3v) is 5.73. The van der Waals surface area contributed by atoms with Crippen molar-refractivity contribution in [2.45, 2.75) is 44.6 Å². The van der Waals surface area contributed by atoms with Crippen molar-refractivity contribution in [3.8, 4) is 11.4 Å². The zero-order valence-electron chi connectivity index (χ0n) is 13.6. The molecular weight excluding hydrogens is 256 g/mol. The van der Waals surface area contributed by atoms with Crippen molar-refractivity contribution in [1.29, 1.82) is 0 Å². The molecule has 1 aromatic carbocycles. The van der Waals surface area contributed by atoms with Crippen LogP contribution in [-0.2, 0) is 18.0 Å². The largest absolute Gasteiger partial charge is 0.289 e. The third-order valence-electron chi connectivity index (χ3n) is 5.73. The summed E-state index contributed by atoms with van der Waals surface area (Å²) in [6.45, 7) is 11.2. The number of rotatable bonds is 3. The second-order valence-electron chi connectivity index (χ2n) is 6.32. The Bertz CT molecular complexity index is 697. The fourth-order valence-corrected chi connectivity index (χ4v) is 4.30. The Morgan fingerprint density at radius 2 is 1.95 bits per heavy atom. The smallest absolute Gasteiger partial charge is 0.233 e. The molecule has 110 valence electrons. The van der Waals surface area contributed by atoms with Crippen molar-refractivity contribution >= 4 is 0 Å². The van der Waals surface area contributed by atoms with E-state index < -0.39 is 0 Å². The van der Waals surface area contributed by atoms with E-state index in [0.717, 1.165) is 12.8 Å². The van der Waals surface area contributed by atoms with Gasteiger partial charge >= 0.3 is 0 Å². The van der Waals surface area contributed by atoms with Crippen LogP contribution in [0.4, 0.5) is 0 Å². The van der Waals surface area contributed by atoms with Crippen molar-refractivity contribution in [2.75, 3.05) is 0 Å². The van der Waals surface area contributed by atoms with Gasteiger partial charge in [-0.1, -0.05) is 45.5 Å². The molecule has 0 bridgehead atoms. The second kappa shape index (κ2) is 4.59. The Labute approximate surface area is 127 Å². The van der Waals surface area contributed by atoms with E-state index in [1.54, 1.807) is 0 Å². The van der Waals surface area contributed by atoms with Crippen molar-refractivity contribution in [3.05, 3.63) is 54.9 Å². The maximum Gasteiger partial charge on any atom is 0.289 e. The lowest BCUT2D eigenvalue weighted by Gasteiger charge is -2.48. The minimum absolute atomic E-state index is 0.0547. The molecular formula is C19H25N2+. The summed E-state index contributed by atoms with van der Waals surface area (Å²) in [6.07, 6.45) is 8.66. The Kier molecular flexibility index (Phi) is 3.09. The molecule has 1 aliphatic heterocycles. The number of hydrogen-bond acceptors (Lipinski definition) is 0. The molecule has 2 atom stereocenters. The molecule has 0 saturated heterocycles. The highest BCUT2D eigenvalue weighted by molar-refractivity contribution is 5.63. The normalized spacial score (nSPS) is 27.0. The van der Waals surface area contributed by atoms with Gasteiger partial charge in [0.2, 0.25) is 0 Å². The van der Waals surface area contributed by atoms with E-state index in [9.17, 15) is 0 Å². The molecule has 0 radical (unpaired) electrons. The number of imidazole rings is 1. The van der Waals surface area contributed by atoms with Crippen LogP contribution in [0.1, 0.15) is 39.2 Å². The molecule has 0 N–H and O–H groups in total. The molecule has 21 heavy (non-hydrogen) atoms. The van der Waals surface area contributed by atoms with Crippen LogP contribution in [-0.4, -0.2) is 4.57 Å². The summed E-state index contributed by atoms with van der Waals surface area (Å²) in [5, 5.41) is 0. The zero-order chi connectivity index (χ0) is 15.3. The number of hydrogen-bond donors (Lipinski definition) is 0. The Hall–Kier alpha value is -1.83. The maximum absolute atomic E-state index is 4.22. The summed E-state index contributed by atoms with van der Waals surface area (Å²) >= 11 is 0. The minimum Gasteiger partial charge on any atom is -0.233 e. The Balaban J connectivity index is 2.47. The number of aromatic nitrogens is 2. The van der Waals surface area contributed by atoms with Crippen molar-refractivity contribution in [1.82, 2.24) is 4.57 Å². The summed E-state index contributed by atoms with van der Waals surface area (Å²) in [7, 11) is 2.13. The lowest BCUT2D eigenvalue weighted by molar-refractivity contribution is -0.755. The molecule has 0 amide bonds. The first-order valence-electron chi connectivity index (χ1n) is 7.86. The standard InChI is InChI=1S/C19H25N2/c1-6-18(4)16-12-10-9-11-15(16)17-20(5)13-14-21(17)19(18,7-2)8-3/h7,9-14H,2,6,8H2,1,3-5H3/q+1. The van der Waals surface area contributed by atoms with Crippen LogP contribution in [0, 0.1) is 0 Å². The molecule has 0 spiro atoms. The fourth-order valence-electron chi connectivity index (χ4n) is 4.30. The van der Waals surface area contributed by atoms with E-state index in [0.29, 0.717) is 0 Å². The van der Waals surface area contributed by atoms with Gasteiger partial charge in [0.15, 0.2) is 0 Å². The SMILES string of the molecule is C=CC1(CC)[n+]2ccn(C)c2-c2ccccc2C1(C)CC. The lowest BCUT2D eigenvalue weighted by atomic mass is 9.60. The first kappa shape index (κ1) is 14.1. The first-order valence-corrected chi connectivity index (χ1v) is 7.86. The van der Waals surface area contributed by atoms with Crippen LogP contribution in [0.15, 0.2) is 49.3 Å². The molecule has 0 aliphatic carbocycles. The van der Waals surface area contributed by atoms with Crippen molar-refractivity contribution in [3.63, 3.8) is 0 Å². The van der Waals surface area contributed by atoms with Crippen LogP contribution in [0.3, 0.4) is 0 Å². The van der Waals surface area contributed by atoms with E-state index in [1.165, 1.54) is 17.0 Å². The van der Waals surface area contributed by atoms with Gasteiger partial charge in [0.25, 0.3) is 5.82 Å². The molecule has 2 nitrogen and oxygen atoms in total. The molecule has 1 aliphatic rings. The van der Waals surface area contributed by atoms with Gasteiger partial charge in [-0.3, -0.25) is 0 Å². The van der Waals surface area contributed by atoms with Crippen LogP contribution < -0.4 is 4.57 Å². The maximum atomic E-state index is 4.22. The fraction of sp³-hybridized carbons (Fsp3) is 0.421. The van der Waals surface area contributed by atoms with Gasteiger partial charge in [-0.05, 0) is 30.5 Å². The predicted molar refractivity (Wildman–Crippen MR) is 87.1 cm³/mol. The third kappa shape index (κ3) is 1.51. The van der Waals surface area contributed by atoms with Gasteiger partial charge in [0.05, 0.1) is 12.6 Å². The van der Waals surface area contributed by atoms with E-state index >= 15 is 0 Å². The second-order valence-corrected chi connectivity index (χ2v) is 6.32. The van der Waals surface area contributed by atoms with Gasteiger partial charge in [-0.2, -0.15) is 0 Å². The summed E-state index contributed by atoms with van der Waals surface area (Å²) < 4.78 is 4.66. The number of allylic oxidation sites excluding steroid dienone is 1. The quantitative estimate of drug-likeness (QED) is 0.595. The molecule has 2 heterocycles. The first-order chi connectivity index (χ1) is 10.1. The molecule has 3 rings (SSSR count). The van der Waals surface area contributed by atoms with Crippen LogP contribution in [0.2, 0.25) is 0 Å². The van der Waals surface area contributed by atoms with Gasteiger partial charge in [-0.25, -0.2) is 9.13 Å². The highest BCUT2D eigenvalue weighted by Crippen LogP contribution is 2.49. The number of fused-ring (bicyclic) bond motifs is 3. The van der Waals surface area contributed by atoms with Gasteiger partial charge < -0.3 is 0 Å². The highest BCUT2D eigenvalue weighted by atomic mass is 15.2. The number of benzene rings is 1. The van der Waals surface area contributed by atoms with Gasteiger partial charge in [0, 0.05) is 5.41 Å². The van der Waals surface area contributed by atoms with E-state index in [2.05, 4.69) is 86.3 Å². The van der Waals surface area contributed by atoms with Crippen molar-refractivity contribution < 1.29 is 4.57 Å². The molecule has 2 aromatic rings. The zero-order valence-corrected chi connectivity index (χ0v) is 13.6. The average Bonchev–Trinajstić information content (AvgIpc) is 2.91. The molecule has 2 unspecified atom stereocenters. The number of aryl methyl sites for hydroxylation is 1. The lowest BCUT2D eigenvalue weighted by Crippen LogP contribution is -2.67. The predicted octanol–water partition coefficient (Wildman–Crippen LogP) is 3.95. The van der Waals surface area contributed by atoms with Crippen LogP contribution >= 0.6 is 0 Å². The summed E-state index contributed by atoms with van der Waals surface area (Å²) in [4.78, 5) is 0. The molecule has 0 saturated carbocycles. The number of nitrogens with zero attached hydrogens (tertiary/aromatic N) is 2. The molecule has 0 fully saturated rings. The average molecular weight is 281 g/mol. The monoisotopic (exact) mass is 281 g/mol. The highest BCUT2D eigenvalue weighted by Gasteiger charge is 2.55. The van der Waals surface area contributed by atoms with E-state index in [4.69, 9.17) is 0 Å². The van der Waals surface area contributed by atoms with Crippen LogP contribution in [0.25, 0.3) is 11.4 Å². The van der Waals surface area contributed by atoms with E-state index in [-0.39, 0.29) is 11.0 Å². The Morgan fingerprint density at radius 3 is 2.57 bits per heavy atom. The molecule has 2 heteroatoms. The minimum atomic E-state index is -0.0767. The van der Waals surface area contributed by atoms with Crippen molar-refractivity contribution in [2.24, 2.45) is 7.05 Å². The topological polar surface area (TPSA) is 8.81 Å².